The van der Waals surface area contributed by atoms with Crippen molar-refractivity contribution in [1.82, 2.24) is 9.97 Å². The van der Waals surface area contributed by atoms with Crippen molar-refractivity contribution < 1.29 is 23.1 Å². The van der Waals surface area contributed by atoms with Crippen molar-refractivity contribution in [2.45, 2.75) is 6.18 Å². The summed E-state index contributed by atoms with van der Waals surface area (Å²) in [5.41, 5.74) is -0.648. The molecule has 0 amide bonds. The molecular weight excluding hydrogens is 367 g/mol. The number of alkyl halides is 3. The Morgan fingerprint density at radius 2 is 1.86 bits per heavy atom. The van der Waals surface area contributed by atoms with Gasteiger partial charge in [-0.2, -0.15) is 13.2 Å². The van der Waals surface area contributed by atoms with E-state index in [1.807, 2.05) is 0 Å². The number of anilines is 1. The van der Waals surface area contributed by atoms with Gasteiger partial charge in [-0.15, -0.1) is 0 Å². The molecule has 0 unspecified atom stereocenters. The van der Waals surface area contributed by atoms with Gasteiger partial charge in [0.25, 0.3) is 0 Å². The first kappa shape index (κ1) is 16.2. The Bertz CT molecular complexity index is 690. The van der Waals surface area contributed by atoms with Crippen LogP contribution < -0.4 is 5.32 Å². The van der Waals surface area contributed by atoms with E-state index in [1.54, 1.807) is 24.3 Å². The van der Waals surface area contributed by atoms with Crippen molar-refractivity contribution in [1.29, 1.82) is 0 Å². The van der Waals surface area contributed by atoms with Crippen LogP contribution in [0.3, 0.4) is 0 Å². The molecule has 0 aliphatic rings. The summed E-state index contributed by atoms with van der Waals surface area (Å²) in [6.07, 6.45) is -4.66. The topological polar surface area (TPSA) is 75.1 Å². The highest BCUT2D eigenvalue weighted by atomic mass is 79.9. The highest BCUT2D eigenvalue weighted by Gasteiger charge is 2.33. The van der Waals surface area contributed by atoms with Crippen LogP contribution in [0.4, 0.5) is 19.1 Å². The van der Waals surface area contributed by atoms with Gasteiger partial charge in [0.1, 0.15) is 6.54 Å². The first-order valence-corrected chi connectivity index (χ1v) is 6.73. The summed E-state index contributed by atoms with van der Waals surface area (Å²) >= 11 is 3.23. The van der Waals surface area contributed by atoms with E-state index in [4.69, 9.17) is 5.11 Å². The molecule has 9 heteroatoms. The van der Waals surface area contributed by atoms with Crippen LogP contribution in [-0.4, -0.2) is 27.6 Å². The summed E-state index contributed by atoms with van der Waals surface area (Å²) in [5, 5.41) is 10.8. The second-order valence-corrected chi connectivity index (χ2v) is 5.13. The highest BCUT2D eigenvalue weighted by Crippen LogP contribution is 2.31. The number of nitrogens with one attached hydrogen (secondary N) is 1. The fraction of sp³-hybridized carbons (Fsp3) is 0.154. The third-order valence-electron chi connectivity index (χ3n) is 2.55. The minimum absolute atomic E-state index is 0.0442. The van der Waals surface area contributed by atoms with Crippen LogP contribution in [0.15, 0.2) is 34.8 Å². The van der Waals surface area contributed by atoms with Crippen molar-refractivity contribution in [2.24, 2.45) is 0 Å². The van der Waals surface area contributed by atoms with Crippen LogP contribution in [0.2, 0.25) is 0 Å². The van der Waals surface area contributed by atoms with E-state index in [0.717, 1.165) is 10.5 Å². The normalized spacial score (nSPS) is 11.3. The number of aliphatic carboxylic acids is 1. The van der Waals surface area contributed by atoms with Crippen molar-refractivity contribution in [2.75, 3.05) is 11.9 Å². The predicted octanol–water partition coefficient (Wildman–Crippen LogP) is 3.42. The van der Waals surface area contributed by atoms with Gasteiger partial charge in [0.15, 0.2) is 5.69 Å². The van der Waals surface area contributed by atoms with Crippen molar-refractivity contribution in [3.8, 4) is 11.3 Å². The molecule has 0 aliphatic carbocycles. The lowest BCUT2D eigenvalue weighted by Gasteiger charge is -2.11. The Balaban J connectivity index is 2.45. The molecule has 0 aliphatic heterocycles. The lowest BCUT2D eigenvalue weighted by atomic mass is 10.1. The second kappa shape index (κ2) is 6.30. The molecular formula is C13H9BrF3N3O2. The van der Waals surface area contributed by atoms with Gasteiger partial charge in [-0.3, -0.25) is 4.79 Å². The highest BCUT2D eigenvalue weighted by molar-refractivity contribution is 9.10. The molecule has 1 heterocycles. The minimum Gasteiger partial charge on any atom is -0.480 e. The van der Waals surface area contributed by atoms with E-state index in [9.17, 15) is 18.0 Å². The van der Waals surface area contributed by atoms with Crippen LogP contribution in [0.25, 0.3) is 11.3 Å². The quantitative estimate of drug-likeness (QED) is 0.856. The van der Waals surface area contributed by atoms with Gasteiger partial charge in [0.2, 0.25) is 5.95 Å². The summed E-state index contributed by atoms with van der Waals surface area (Å²) in [6, 6.07) is 7.32. The standard InChI is InChI=1S/C13H9BrF3N3O2/c14-8-3-1-7(2-4-8)9-5-10(13(15,16)17)20-12(19-9)18-6-11(21)22/h1-5H,6H2,(H,21,22)(H,18,19,20). The van der Waals surface area contributed by atoms with Crippen LogP contribution in [0.5, 0.6) is 0 Å². The maximum absolute atomic E-state index is 12.9. The molecule has 22 heavy (non-hydrogen) atoms. The summed E-state index contributed by atoms with van der Waals surface area (Å²) in [6.45, 7) is -0.582. The number of aromatic nitrogens is 2. The Kier molecular flexibility index (Phi) is 4.65. The van der Waals surface area contributed by atoms with E-state index in [0.29, 0.717) is 5.56 Å². The smallest absolute Gasteiger partial charge is 0.433 e. The second-order valence-electron chi connectivity index (χ2n) is 4.21. The first-order chi connectivity index (χ1) is 10.3. The molecule has 0 spiro atoms. The fourth-order valence-electron chi connectivity index (χ4n) is 1.59. The van der Waals surface area contributed by atoms with Gasteiger partial charge in [-0.25, -0.2) is 9.97 Å². The van der Waals surface area contributed by atoms with E-state index in [2.05, 4.69) is 31.2 Å². The van der Waals surface area contributed by atoms with E-state index >= 15 is 0 Å². The molecule has 1 aromatic heterocycles. The number of hydrogen-bond donors (Lipinski definition) is 2. The SMILES string of the molecule is O=C(O)CNc1nc(-c2ccc(Br)cc2)cc(C(F)(F)F)n1. The zero-order chi connectivity index (χ0) is 16.3. The van der Waals surface area contributed by atoms with Gasteiger partial charge in [-0.05, 0) is 18.2 Å². The maximum Gasteiger partial charge on any atom is 0.433 e. The zero-order valence-electron chi connectivity index (χ0n) is 10.9. The molecule has 0 radical (unpaired) electrons. The Morgan fingerprint density at radius 3 is 2.41 bits per heavy atom. The van der Waals surface area contributed by atoms with Gasteiger partial charge in [0.05, 0.1) is 5.69 Å². The number of benzene rings is 1. The number of halogens is 4. The molecule has 0 fully saturated rings. The summed E-state index contributed by atoms with van der Waals surface area (Å²) < 4.78 is 39.4. The lowest BCUT2D eigenvalue weighted by Crippen LogP contribution is -2.17. The molecule has 0 saturated carbocycles. The average molecular weight is 376 g/mol. The molecule has 2 aromatic rings. The summed E-state index contributed by atoms with van der Waals surface area (Å²) in [4.78, 5) is 17.7. The van der Waals surface area contributed by atoms with Crippen LogP contribution in [0.1, 0.15) is 5.69 Å². The Hall–Kier alpha value is -2.16. The molecule has 2 rings (SSSR count). The van der Waals surface area contributed by atoms with E-state index in [-0.39, 0.29) is 5.69 Å². The van der Waals surface area contributed by atoms with Gasteiger partial charge >= 0.3 is 12.1 Å². The summed E-state index contributed by atoms with van der Waals surface area (Å²) in [7, 11) is 0. The molecule has 1 aromatic carbocycles. The maximum atomic E-state index is 12.9. The number of carbonyl (C=O) groups is 1. The van der Waals surface area contributed by atoms with Crippen LogP contribution in [-0.2, 0) is 11.0 Å². The molecule has 0 bridgehead atoms. The van der Waals surface area contributed by atoms with E-state index < -0.39 is 30.3 Å². The van der Waals surface area contributed by atoms with Crippen LogP contribution in [0, 0.1) is 0 Å². The lowest BCUT2D eigenvalue weighted by molar-refractivity contribution is -0.141. The molecule has 2 N–H and O–H groups in total. The van der Waals surface area contributed by atoms with Crippen molar-refractivity contribution in [3.63, 3.8) is 0 Å². The van der Waals surface area contributed by atoms with Gasteiger partial charge < -0.3 is 10.4 Å². The Labute approximate surface area is 131 Å². The predicted molar refractivity (Wildman–Crippen MR) is 76.3 cm³/mol. The Morgan fingerprint density at radius 1 is 1.23 bits per heavy atom. The van der Waals surface area contributed by atoms with Gasteiger partial charge in [-0.1, -0.05) is 28.1 Å². The number of nitrogens with zero attached hydrogens (tertiary/aromatic N) is 2. The molecule has 116 valence electrons. The number of carboxylic acid groups (broad SMARTS) is 1. The largest absolute Gasteiger partial charge is 0.480 e. The van der Waals surface area contributed by atoms with Crippen LogP contribution >= 0.6 is 15.9 Å². The molecule has 5 nitrogen and oxygen atoms in total. The van der Waals surface area contributed by atoms with Crippen molar-refractivity contribution in [3.05, 3.63) is 40.5 Å². The third-order valence-corrected chi connectivity index (χ3v) is 3.08. The summed E-state index contributed by atoms with van der Waals surface area (Å²) in [5.74, 6) is -1.62. The molecule has 0 saturated heterocycles. The van der Waals surface area contributed by atoms with Gasteiger partial charge in [0, 0.05) is 10.0 Å². The zero-order valence-corrected chi connectivity index (χ0v) is 12.4. The first-order valence-electron chi connectivity index (χ1n) is 5.93. The number of hydrogen-bond acceptors (Lipinski definition) is 4. The monoisotopic (exact) mass is 375 g/mol. The van der Waals surface area contributed by atoms with E-state index in [1.165, 1.54) is 0 Å². The minimum atomic E-state index is -4.66. The fourth-order valence-corrected chi connectivity index (χ4v) is 1.86. The number of carboxylic acids is 1. The average Bonchev–Trinajstić information content (AvgIpc) is 2.44. The third kappa shape index (κ3) is 4.17. The number of rotatable bonds is 4. The molecule has 0 atom stereocenters. The van der Waals surface area contributed by atoms with Crippen molar-refractivity contribution >= 4 is 27.8 Å².